The third-order valence-corrected chi connectivity index (χ3v) is 13.1. The van der Waals surface area contributed by atoms with Gasteiger partial charge in [0.05, 0.1) is 22.2 Å². The maximum atomic E-state index is 2.51. The summed E-state index contributed by atoms with van der Waals surface area (Å²) in [5.74, 6) is 0. The highest BCUT2D eigenvalue weighted by Gasteiger charge is 2.41. The summed E-state index contributed by atoms with van der Waals surface area (Å²) in [6.45, 7) is 4.81. The topological polar surface area (TPSA) is 13.1 Å². The first-order valence-corrected chi connectivity index (χ1v) is 21.5. The maximum absolute atomic E-state index is 2.51. The van der Waals surface area contributed by atoms with E-state index in [1.54, 1.807) is 0 Å². The average Bonchev–Trinajstić information content (AvgIpc) is 3.95. The molecule has 0 amide bonds. The van der Waals surface area contributed by atoms with Crippen LogP contribution in [0.1, 0.15) is 25.0 Å². The van der Waals surface area contributed by atoms with Crippen molar-refractivity contribution in [3.63, 3.8) is 0 Å². The van der Waals surface area contributed by atoms with E-state index in [1.165, 1.54) is 83.0 Å². The van der Waals surface area contributed by atoms with Crippen LogP contribution in [0.15, 0.2) is 224 Å². The Labute approximate surface area is 362 Å². The van der Waals surface area contributed by atoms with Crippen LogP contribution in [0.25, 0.3) is 77.6 Å². The summed E-state index contributed by atoms with van der Waals surface area (Å²) < 4.78 is 5.02. The monoisotopic (exact) mass is 793 g/mol. The van der Waals surface area contributed by atoms with Gasteiger partial charge < -0.3 is 14.0 Å². The van der Waals surface area contributed by atoms with Gasteiger partial charge in [-0.05, 0) is 106 Å². The SMILES string of the molecule is CC1(C)c2ccccc2-c2c1c1c(ccc3c4ccccc4n(-c4ccc(N(c5ccc(-c6ccccc6)cc5)c5ccc(-c6ccccc6)cc5)cc4)c31)n2-c1ccccc1. The molecule has 3 heteroatoms. The van der Waals surface area contributed by atoms with Crippen LogP contribution in [0, 0.1) is 0 Å². The zero-order valence-corrected chi connectivity index (χ0v) is 34.7. The number of benzene rings is 9. The summed E-state index contributed by atoms with van der Waals surface area (Å²) in [6.07, 6.45) is 0. The molecule has 3 nitrogen and oxygen atoms in total. The summed E-state index contributed by atoms with van der Waals surface area (Å²) in [5.41, 5.74) is 19.2. The predicted molar refractivity (Wildman–Crippen MR) is 261 cm³/mol. The number of aromatic nitrogens is 2. The van der Waals surface area contributed by atoms with Gasteiger partial charge in [-0.2, -0.15) is 0 Å². The summed E-state index contributed by atoms with van der Waals surface area (Å²) >= 11 is 0. The molecule has 11 aromatic rings. The highest BCUT2D eigenvalue weighted by Crippen LogP contribution is 2.55. The molecule has 0 atom stereocenters. The minimum absolute atomic E-state index is 0.212. The van der Waals surface area contributed by atoms with Crippen molar-refractivity contribution in [3.05, 3.63) is 236 Å². The van der Waals surface area contributed by atoms with Gasteiger partial charge in [-0.3, -0.25) is 0 Å². The largest absolute Gasteiger partial charge is 0.311 e. The molecule has 0 spiro atoms. The number of para-hydroxylation sites is 2. The standard InChI is InChI=1S/C59H43N3/c1-59(2)52-24-14-12-23-51(52)58-56(59)55-54(62(58)44-20-10-5-11-21-44)39-38-50-49-22-13-15-25-53(49)61(57(50)55)48-36-34-47(35-37-48)60(45-30-26-42(27-31-45)40-16-6-3-7-17-40)46-32-28-43(29-33-46)41-18-8-4-9-19-41/h3-39H,1-2H3. The molecule has 0 fully saturated rings. The van der Waals surface area contributed by atoms with Gasteiger partial charge in [-0.25, -0.2) is 0 Å². The van der Waals surface area contributed by atoms with Gasteiger partial charge in [-0.1, -0.05) is 166 Å². The molecular weight excluding hydrogens is 751 g/mol. The Kier molecular flexibility index (Phi) is 8.20. The predicted octanol–water partition coefficient (Wildman–Crippen LogP) is 15.8. The Morgan fingerprint density at radius 3 is 1.47 bits per heavy atom. The molecular formula is C59H43N3. The average molecular weight is 794 g/mol. The van der Waals surface area contributed by atoms with Crippen molar-refractivity contribution >= 4 is 49.8 Å². The fraction of sp³-hybridized carbons (Fsp3) is 0.0508. The molecule has 12 rings (SSSR count). The normalized spacial score (nSPS) is 12.8. The third kappa shape index (κ3) is 5.52. The van der Waals surface area contributed by atoms with Gasteiger partial charge in [0.2, 0.25) is 0 Å². The van der Waals surface area contributed by atoms with Crippen molar-refractivity contribution in [1.29, 1.82) is 0 Å². The molecule has 0 unspecified atom stereocenters. The van der Waals surface area contributed by atoms with E-state index in [1.807, 2.05) is 0 Å². The number of hydrogen-bond acceptors (Lipinski definition) is 1. The van der Waals surface area contributed by atoms with Crippen molar-refractivity contribution in [1.82, 2.24) is 9.13 Å². The Bertz CT molecular complexity index is 3350. The molecule has 294 valence electrons. The van der Waals surface area contributed by atoms with Crippen LogP contribution >= 0.6 is 0 Å². The van der Waals surface area contributed by atoms with Gasteiger partial charge >= 0.3 is 0 Å². The summed E-state index contributed by atoms with van der Waals surface area (Å²) in [6, 6.07) is 81.7. The van der Waals surface area contributed by atoms with Crippen LogP contribution < -0.4 is 4.90 Å². The van der Waals surface area contributed by atoms with E-state index in [-0.39, 0.29) is 5.41 Å². The van der Waals surface area contributed by atoms with E-state index < -0.39 is 0 Å². The van der Waals surface area contributed by atoms with Gasteiger partial charge in [0, 0.05) is 55.6 Å². The number of nitrogens with zero attached hydrogens (tertiary/aromatic N) is 3. The van der Waals surface area contributed by atoms with Crippen molar-refractivity contribution in [2.24, 2.45) is 0 Å². The lowest BCUT2D eigenvalue weighted by atomic mass is 9.81. The van der Waals surface area contributed by atoms with E-state index in [0.717, 1.165) is 22.7 Å². The zero-order chi connectivity index (χ0) is 41.4. The highest BCUT2D eigenvalue weighted by atomic mass is 15.1. The van der Waals surface area contributed by atoms with Crippen LogP contribution in [0.3, 0.4) is 0 Å². The Balaban J connectivity index is 1.06. The van der Waals surface area contributed by atoms with Crippen molar-refractivity contribution < 1.29 is 0 Å². The number of fused-ring (bicyclic) bond motifs is 9. The molecule has 0 saturated carbocycles. The molecule has 1 aliphatic rings. The van der Waals surface area contributed by atoms with Crippen molar-refractivity contribution in [2.75, 3.05) is 4.90 Å². The summed E-state index contributed by atoms with van der Waals surface area (Å²) in [4.78, 5) is 2.37. The molecule has 2 heterocycles. The highest BCUT2D eigenvalue weighted by molar-refractivity contribution is 6.21. The Morgan fingerprint density at radius 2 is 0.855 bits per heavy atom. The molecule has 1 aliphatic carbocycles. The summed E-state index contributed by atoms with van der Waals surface area (Å²) in [5, 5.41) is 3.82. The van der Waals surface area contributed by atoms with E-state index in [2.05, 4.69) is 252 Å². The second kappa shape index (κ2) is 14.1. The summed E-state index contributed by atoms with van der Waals surface area (Å²) in [7, 11) is 0. The maximum Gasteiger partial charge on any atom is 0.0638 e. The Hall–Kier alpha value is -7.88. The van der Waals surface area contributed by atoms with E-state index >= 15 is 0 Å². The number of anilines is 3. The minimum Gasteiger partial charge on any atom is -0.311 e. The van der Waals surface area contributed by atoms with Crippen LogP contribution in [0.5, 0.6) is 0 Å². The van der Waals surface area contributed by atoms with Crippen LogP contribution in [0.4, 0.5) is 17.1 Å². The second-order valence-electron chi connectivity index (χ2n) is 17.0. The lowest BCUT2D eigenvalue weighted by molar-refractivity contribution is 0.666. The smallest absolute Gasteiger partial charge is 0.0638 e. The Morgan fingerprint density at radius 1 is 0.371 bits per heavy atom. The van der Waals surface area contributed by atoms with E-state index in [9.17, 15) is 0 Å². The molecule has 0 saturated heterocycles. The number of hydrogen-bond donors (Lipinski definition) is 0. The zero-order valence-electron chi connectivity index (χ0n) is 34.7. The first-order chi connectivity index (χ1) is 30.5. The van der Waals surface area contributed by atoms with Crippen molar-refractivity contribution in [3.8, 4) is 44.9 Å². The fourth-order valence-electron chi connectivity index (χ4n) is 10.2. The third-order valence-electron chi connectivity index (χ3n) is 13.1. The van der Waals surface area contributed by atoms with E-state index in [4.69, 9.17) is 0 Å². The molecule has 62 heavy (non-hydrogen) atoms. The number of rotatable bonds is 7. The van der Waals surface area contributed by atoms with Crippen molar-refractivity contribution in [2.45, 2.75) is 19.3 Å². The molecule has 9 aromatic carbocycles. The van der Waals surface area contributed by atoms with Gasteiger partial charge in [0.15, 0.2) is 0 Å². The van der Waals surface area contributed by atoms with Gasteiger partial charge in [0.25, 0.3) is 0 Å². The van der Waals surface area contributed by atoms with E-state index in [0.29, 0.717) is 0 Å². The fourth-order valence-corrected chi connectivity index (χ4v) is 10.2. The second-order valence-corrected chi connectivity index (χ2v) is 17.0. The molecule has 0 radical (unpaired) electrons. The quantitative estimate of drug-likeness (QED) is 0.157. The first kappa shape index (κ1) is 36.0. The van der Waals surface area contributed by atoms with Gasteiger partial charge in [-0.15, -0.1) is 0 Å². The molecule has 2 aromatic heterocycles. The first-order valence-electron chi connectivity index (χ1n) is 21.5. The van der Waals surface area contributed by atoms with Crippen LogP contribution in [0.2, 0.25) is 0 Å². The van der Waals surface area contributed by atoms with Crippen LogP contribution in [-0.2, 0) is 5.41 Å². The molecule has 0 bridgehead atoms. The molecule has 0 aliphatic heterocycles. The van der Waals surface area contributed by atoms with Gasteiger partial charge in [0.1, 0.15) is 0 Å². The lowest BCUT2D eigenvalue weighted by Gasteiger charge is -2.26. The molecule has 0 N–H and O–H groups in total. The lowest BCUT2D eigenvalue weighted by Crippen LogP contribution is -2.15. The minimum atomic E-state index is -0.212. The van der Waals surface area contributed by atoms with Crippen LogP contribution in [-0.4, -0.2) is 9.13 Å².